The summed E-state index contributed by atoms with van der Waals surface area (Å²) in [4.78, 5) is 27.3. The molecule has 172 valence electrons. The van der Waals surface area contributed by atoms with Crippen LogP contribution in [0.5, 0.6) is 5.75 Å². The van der Waals surface area contributed by atoms with Crippen molar-refractivity contribution in [3.8, 4) is 5.75 Å². The number of anilines is 1. The van der Waals surface area contributed by atoms with Crippen molar-refractivity contribution in [2.24, 2.45) is 0 Å². The molecule has 2 amide bonds. The van der Waals surface area contributed by atoms with Crippen molar-refractivity contribution in [1.82, 2.24) is 5.32 Å². The van der Waals surface area contributed by atoms with Gasteiger partial charge in [-0.25, -0.2) is 0 Å². The number of aryl methyl sites for hydroxylation is 1. The van der Waals surface area contributed by atoms with E-state index in [0.29, 0.717) is 32.6 Å². The third kappa shape index (κ3) is 5.33. The van der Waals surface area contributed by atoms with Crippen LogP contribution in [0.15, 0.2) is 79.7 Å². The fraction of sp³-hybridized carbons (Fsp3) is 0.0800. The van der Waals surface area contributed by atoms with Gasteiger partial charge in [-0.05, 0) is 104 Å². The van der Waals surface area contributed by atoms with Gasteiger partial charge in [-0.1, -0.05) is 46.3 Å². The molecular weight excluding hydrogens is 648 g/mol. The summed E-state index contributed by atoms with van der Waals surface area (Å²) >= 11 is 15.8. The number of nitrogens with one attached hydrogen (secondary N) is 1. The summed E-state index contributed by atoms with van der Waals surface area (Å²) in [5.41, 5.74) is 3.11. The predicted molar refractivity (Wildman–Crippen MR) is 148 cm³/mol. The van der Waals surface area contributed by atoms with Crippen LogP contribution in [0.2, 0.25) is 0 Å². The molecule has 1 aliphatic heterocycles. The Labute approximate surface area is 227 Å². The molecule has 1 N–H and O–H groups in total. The minimum atomic E-state index is -0.544. The average Bonchev–Trinajstić information content (AvgIpc) is 2.78. The number of carbonyl (C=O) groups is 2. The third-order valence-electron chi connectivity index (χ3n) is 5.06. The number of ether oxygens (including phenoxy) is 1. The van der Waals surface area contributed by atoms with E-state index in [2.05, 4.69) is 53.1 Å². The molecule has 0 spiro atoms. The molecule has 1 saturated heterocycles. The molecule has 1 fully saturated rings. The standard InChI is InChI=1S/C25H17Br3N2O3S/c1-14-9-17(26)7-8-21(14)30-24(32)18(23(31)29-25(30)34)10-16-11-19(27)22(20(28)12-16)33-13-15-5-3-2-4-6-15/h2-12H,13H2,1H3,(H,29,31,34)/b18-10+. The van der Waals surface area contributed by atoms with E-state index in [4.69, 9.17) is 17.0 Å². The maximum Gasteiger partial charge on any atom is 0.270 e. The topological polar surface area (TPSA) is 58.6 Å². The summed E-state index contributed by atoms with van der Waals surface area (Å²) in [6, 6.07) is 18.9. The second-order valence-electron chi connectivity index (χ2n) is 7.48. The van der Waals surface area contributed by atoms with Crippen molar-refractivity contribution in [2.75, 3.05) is 4.90 Å². The lowest BCUT2D eigenvalue weighted by Gasteiger charge is -2.30. The van der Waals surface area contributed by atoms with Crippen molar-refractivity contribution in [1.29, 1.82) is 0 Å². The molecule has 9 heteroatoms. The molecule has 3 aromatic carbocycles. The lowest BCUT2D eigenvalue weighted by Crippen LogP contribution is -2.54. The van der Waals surface area contributed by atoms with E-state index in [-0.39, 0.29) is 10.7 Å². The van der Waals surface area contributed by atoms with Crippen LogP contribution in [-0.2, 0) is 16.2 Å². The zero-order valence-corrected chi connectivity index (χ0v) is 23.3. The third-order valence-corrected chi connectivity index (χ3v) is 7.01. The Hall–Kier alpha value is -2.33. The summed E-state index contributed by atoms with van der Waals surface area (Å²) in [7, 11) is 0. The zero-order valence-electron chi connectivity index (χ0n) is 17.8. The van der Waals surface area contributed by atoms with Gasteiger partial charge in [-0.2, -0.15) is 0 Å². The van der Waals surface area contributed by atoms with Gasteiger partial charge in [0.2, 0.25) is 0 Å². The molecule has 0 aromatic heterocycles. The molecule has 0 saturated carbocycles. The van der Waals surface area contributed by atoms with Gasteiger partial charge in [0.1, 0.15) is 17.9 Å². The van der Waals surface area contributed by atoms with Crippen LogP contribution in [0.1, 0.15) is 16.7 Å². The smallest absolute Gasteiger partial charge is 0.270 e. The van der Waals surface area contributed by atoms with Crippen LogP contribution >= 0.6 is 60.0 Å². The molecule has 1 aliphatic rings. The van der Waals surface area contributed by atoms with Gasteiger partial charge in [0.15, 0.2) is 5.11 Å². The van der Waals surface area contributed by atoms with E-state index in [0.717, 1.165) is 15.6 Å². The average molecular weight is 665 g/mol. The Kier molecular flexibility index (Phi) is 7.67. The van der Waals surface area contributed by atoms with Gasteiger partial charge in [0.05, 0.1) is 14.6 Å². The monoisotopic (exact) mass is 662 g/mol. The molecule has 1 heterocycles. The SMILES string of the molecule is Cc1cc(Br)ccc1N1C(=O)/C(=C/c2cc(Br)c(OCc3ccccc3)c(Br)c2)C(=O)NC1=S. The van der Waals surface area contributed by atoms with E-state index in [1.807, 2.05) is 49.4 Å². The molecule has 0 unspecified atom stereocenters. The molecule has 0 bridgehead atoms. The highest BCUT2D eigenvalue weighted by Gasteiger charge is 2.35. The number of thiocarbonyl (C=S) groups is 1. The van der Waals surface area contributed by atoms with Gasteiger partial charge in [-0.15, -0.1) is 0 Å². The van der Waals surface area contributed by atoms with E-state index in [1.54, 1.807) is 18.2 Å². The lowest BCUT2D eigenvalue weighted by atomic mass is 10.1. The van der Waals surface area contributed by atoms with Crippen LogP contribution in [0.4, 0.5) is 5.69 Å². The Bertz CT molecular complexity index is 1320. The Balaban J connectivity index is 1.63. The molecule has 34 heavy (non-hydrogen) atoms. The Morgan fingerprint density at radius 1 is 1.00 bits per heavy atom. The highest BCUT2D eigenvalue weighted by atomic mass is 79.9. The van der Waals surface area contributed by atoms with Crippen molar-refractivity contribution >= 4 is 88.7 Å². The van der Waals surface area contributed by atoms with Gasteiger partial charge in [-0.3, -0.25) is 19.8 Å². The first-order valence-corrected chi connectivity index (χ1v) is 12.9. The molecule has 0 aliphatic carbocycles. The summed E-state index contributed by atoms with van der Waals surface area (Å²) in [6.45, 7) is 2.27. The summed E-state index contributed by atoms with van der Waals surface area (Å²) in [5, 5.41) is 2.66. The van der Waals surface area contributed by atoms with Gasteiger partial charge in [0.25, 0.3) is 11.8 Å². The second-order valence-corrected chi connectivity index (χ2v) is 10.5. The molecular formula is C25H17Br3N2O3S. The Morgan fingerprint density at radius 3 is 2.32 bits per heavy atom. The Morgan fingerprint density at radius 2 is 1.68 bits per heavy atom. The second kappa shape index (κ2) is 10.5. The number of benzene rings is 3. The highest BCUT2D eigenvalue weighted by molar-refractivity contribution is 9.11. The number of carbonyl (C=O) groups excluding carboxylic acids is 2. The van der Waals surface area contributed by atoms with E-state index >= 15 is 0 Å². The van der Waals surface area contributed by atoms with Gasteiger partial charge >= 0.3 is 0 Å². The number of hydrogen-bond donors (Lipinski definition) is 1. The largest absolute Gasteiger partial charge is 0.487 e. The van der Waals surface area contributed by atoms with Crippen LogP contribution in [0.25, 0.3) is 6.08 Å². The first-order valence-electron chi connectivity index (χ1n) is 10.1. The first kappa shape index (κ1) is 24.8. The molecule has 3 aromatic rings. The van der Waals surface area contributed by atoms with E-state index in [9.17, 15) is 9.59 Å². The number of amides is 2. The van der Waals surface area contributed by atoms with E-state index < -0.39 is 11.8 Å². The van der Waals surface area contributed by atoms with E-state index in [1.165, 1.54) is 11.0 Å². The van der Waals surface area contributed by atoms with Crippen LogP contribution < -0.4 is 15.0 Å². The highest BCUT2D eigenvalue weighted by Crippen LogP contribution is 2.36. The number of hydrogen-bond acceptors (Lipinski definition) is 4. The summed E-state index contributed by atoms with van der Waals surface area (Å²) in [5.74, 6) is -0.410. The number of halogens is 3. The van der Waals surface area contributed by atoms with Crippen molar-refractivity contribution in [3.05, 3.63) is 96.3 Å². The molecule has 0 radical (unpaired) electrons. The fourth-order valence-corrected chi connectivity index (χ4v) is 5.64. The minimum Gasteiger partial charge on any atom is -0.487 e. The number of rotatable bonds is 5. The van der Waals surface area contributed by atoms with Crippen LogP contribution in [0, 0.1) is 6.92 Å². The fourth-order valence-electron chi connectivity index (χ4n) is 3.44. The summed E-state index contributed by atoms with van der Waals surface area (Å²) < 4.78 is 8.21. The van der Waals surface area contributed by atoms with Crippen molar-refractivity contribution < 1.29 is 14.3 Å². The quantitative estimate of drug-likeness (QED) is 0.188. The van der Waals surface area contributed by atoms with Crippen molar-refractivity contribution in [2.45, 2.75) is 13.5 Å². The van der Waals surface area contributed by atoms with Gasteiger partial charge in [0, 0.05) is 4.47 Å². The zero-order chi connectivity index (χ0) is 24.4. The maximum atomic E-state index is 13.3. The van der Waals surface area contributed by atoms with Crippen molar-refractivity contribution in [3.63, 3.8) is 0 Å². The molecule has 5 nitrogen and oxygen atoms in total. The maximum absolute atomic E-state index is 13.3. The van der Waals surface area contributed by atoms with Gasteiger partial charge < -0.3 is 4.74 Å². The van der Waals surface area contributed by atoms with Crippen LogP contribution in [0.3, 0.4) is 0 Å². The minimum absolute atomic E-state index is 0.0207. The number of nitrogens with zero attached hydrogens (tertiary/aromatic N) is 1. The summed E-state index contributed by atoms with van der Waals surface area (Å²) in [6.07, 6.45) is 1.54. The molecule has 4 rings (SSSR count). The predicted octanol–water partition coefficient (Wildman–Crippen LogP) is 6.69. The first-order chi connectivity index (χ1) is 16.2. The lowest BCUT2D eigenvalue weighted by molar-refractivity contribution is -0.122. The molecule has 0 atom stereocenters. The normalized spacial score (nSPS) is 15.0. The van der Waals surface area contributed by atoms with Crippen LogP contribution in [-0.4, -0.2) is 16.9 Å².